The number of nitrogens with one attached hydrogen (secondary N) is 1. The van der Waals surface area contributed by atoms with Gasteiger partial charge in [0.1, 0.15) is 15.3 Å². The lowest BCUT2D eigenvalue weighted by Crippen LogP contribution is -2.34. The minimum Gasteiger partial charge on any atom is -0.315 e. The molecule has 2 rings (SSSR count). The number of hydrogen-bond donors (Lipinski definition) is 1. The number of hydrogen-bond acceptors (Lipinski definition) is 6. The van der Waals surface area contributed by atoms with Crippen molar-refractivity contribution in [3.05, 3.63) is 33.5 Å². The van der Waals surface area contributed by atoms with Crippen LogP contribution in [0.3, 0.4) is 0 Å². The molecule has 0 fully saturated rings. The van der Waals surface area contributed by atoms with Gasteiger partial charge in [-0.1, -0.05) is 6.07 Å². The first kappa shape index (κ1) is 17.6. The molecule has 2 aromatic rings. The van der Waals surface area contributed by atoms with Crippen LogP contribution in [0.15, 0.2) is 21.7 Å². The van der Waals surface area contributed by atoms with Crippen molar-refractivity contribution >= 4 is 43.6 Å². The lowest BCUT2D eigenvalue weighted by Gasteiger charge is -2.15. The van der Waals surface area contributed by atoms with Crippen LogP contribution in [0.5, 0.6) is 0 Å². The number of anilines is 1. The average Bonchev–Trinajstić information content (AvgIpc) is 3.09. The van der Waals surface area contributed by atoms with Crippen molar-refractivity contribution in [2.24, 2.45) is 0 Å². The van der Waals surface area contributed by atoms with Crippen LogP contribution in [0.2, 0.25) is 0 Å². The number of aryl methyl sites for hydroxylation is 1. The van der Waals surface area contributed by atoms with E-state index in [0.717, 1.165) is 26.1 Å². The number of rotatable bonds is 5. The van der Waals surface area contributed by atoms with Crippen molar-refractivity contribution in [3.63, 3.8) is 0 Å². The summed E-state index contributed by atoms with van der Waals surface area (Å²) >= 11 is 2.40. The van der Waals surface area contributed by atoms with E-state index in [1.165, 1.54) is 24.5 Å². The number of nitriles is 1. The molecule has 1 amide bonds. The van der Waals surface area contributed by atoms with Crippen LogP contribution in [-0.2, 0) is 14.8 Å². The van der Waals surface area contributed by atoms with Crippen molar-refractivity contribution in [2.75, 3.05) is 18.9 Å². The molecule has 0 bridgehead atoms. The molecule has 1 N–H and O–H groups in total. The second kappa shape index (κ2) is 6.80. The number of carbonyl (C=O) groups excluding carboxylic acids is 1. The van der Waals surface area contributed by atoms with E-state index in [1.807, 2.05) is 13.8 Å². The smallest absolute Gasteiger partial charge is 0.252 e. The molecule has 0 radical (unpaired) electrons. The second-order valence-electron chi connectivity index (χ2n) is 4.84. The number of nitrogens with zero attached hydrogens (tertiary/aromatic N) is 2. The summed E-state index contributed by atoms with van der Waals surface area (Å²) in [4.78, 5) is 13.1. The largest absolute Gasteiger partial charge is 0.315 e. The lowest BCUT2D eigenvalue weighted by atomic mass is 10.2. The highest BCUT2D eigenvalue weighted by Gasteiger charge is 2.24. The fraction of sp³-hybridized carbons (Fsp3) is 0.286. The molecular formula is C14H15N3O3S3. The zero-order chi connectivity index (χ0) is 17.2. The molecule has 2 heterocycles. The first-order valence-corrected chi connectivity index (χ1v) is 9.70. The number of amides is 1. The van der Waals surface area contributed by atoms with E-state index in [0.29, 0.717) is 10.6 Å². The maximum absolute atomic E-state index is 12.3. The summed E-state index contributed by atoms with van der Waals surface area (Å²) in [5.74, 6) is -0.481. The summed E-state index contributed by atoms with van der Waals surface area (Å²) in [7, 11) is -2.32. The van der Waals surface area contributed by atoms with Crippen LogP contribution in [-0.4, -0.2) is 32.2 Å². The predicted molar refractivity (Wildman–Crippen MR) is 91.3 cm³/mol. The summed E-state index contributed by atoms with van der Waals surface area (Å²) in [6, 6.07) is 5.20. The molecule has 0 aromatic carbocycles. The first-order valence-electron chi connectivity index (χ1n) is 6.57. The SMILES string of the molecule is Cc1sc(NC(=O)CN(C)S(=O)(=O)c2cccs2)c(C#N)c1C. The molecular weight excluding hydrogens is 354 g/mol. The molecule has 0 saturated carbocycles. The van der Waals surface area contributed by atoms with Crippen molar-refractivity contribution in [3.8, 4) is 6.07 Å². The average molecular weight is 369 g/mol. The van der Waals surface area contributed by atoms with Gasteiger partial charge in [0.15, 0.2) is 0 Å². The Labute approximate surface area is 143 Å². The van der Waals surface area contributed by atoms with Gasteiger partial charge < -0.3 is 5.32 Å². The minimum atomic E-state index is -3.67. The second-order valence-corrected chi connectivity index (χ2v) is 9.28. The number of likely N-dealkylation sites (N-methyl/N-ethyl adjacent to an activating group) is 1. The fourth-order valence-electron chi connectivity index (χ4n) is 1.87. The third kappa shape index (κ3) is 3.61. The van der Waals surface area contributed by atoms with E-state index in [1.54, 1.807) is 11.4 Å². The Morgan fingerprint density at radius 3 is 2.70 bits per heavy atom. The summed E-state index contributed by atoms with van der Waals surface area (Å²) in [6.07, 6.45) is 0. The quantitative estimate of drug-likeness (QED) is 0.877. The molecule has 0 unspecified atom stereocenters. The van der Waals surface area contributed by atoms with Gasteiger partial charge in [0, 0.05) is 11.9 Å². The normalized spacial score (nSPS) is 11.4. The van der Waals surface area contributed by atoms with Crippen LogP contribution >= 0.6 is 22.7 Å². The topological polar surface area (TPSA) is 90.3 Å². The first-order chi connectivity index (χ1) is 10.8. The van der Waals surface area contributed by atoms with Gasteiger partial charge in [-0.2, -0.15) is 9.57 Å². The Morgan fingerprint density at radius 2 is 2.13 bits per heavy atom. The van der Waals surface area contributed by atoms with Crippen LogP contribution in [0.4, 0.5) is 5.00 Å². The maximum Gasteiger partial charge on any atom is 0.252 e. The van der Waals surface area contributed by atoms with Crippen molar-refractivity contribution in [1.82, 2.24) is 4.31 Å². The highest BCUT2D eigenvalue weighted by molar-refractivity contribution is 7.91. The molecule has 23 heavy (non-hydrogen) atoms. The molecule has 0 saturated heterocycles. The van der Waals surface area contributed by atoms with Gasteiger partial charge in [0.25, 0.3) is 10.0 Å². The zero-order valence-electron chi connectivity index (χ0n) is 12.8. The fourth-order valence-corrected chi connectivity index (χ4v) is 5.22. The van der Waals surface area contributed by atoms with Gasteiger partial charge in [0.05, 0.1) is 12.1 Å². The van der Waals surface area contributed by atoms with E-state index in [9.17, 15) is 13.2 Å². The van der Waals surface area contributed by atoms with Crippen molar-refractivity contribution in [1.29, 1.82) is 5.26 Å². The standard InChI is InChI=1S/C14H15N3O3S3/c1-9-10(2)22-14(11(9)7-15)16-12(18)8-17(3)23(19,20)13-5-4-6-21-13/h4-6H,8H2,1-3H3,(H,16,18). The molecule has 0 atom stereocenters. The van der Waals surface area contributed by atoms with Gasteiger partial charge in [-0.3, -0.25) is 4.79 Å². The van der Waals surface area contributed by atoms with Gasteiger partial charge in [0.2, 0.25) is 5.91 Å². The van der Waals surface area contributed by atoms with Crippen molar-refractivity contribution in [2.45, 2.75) is 18.1 Å². The van der Waals surface area contributed by atoms with E-state index in [4.69, 9.17) is 5.26 Å². The Balaban J connectivity index is 2.12. The Morgan fingerprint density at radius 1 is 1.43 bits per heavy atom. The number of thiophene rings is 2. The van der Waals surface area contributed by atoms with E-state index >= 15 is 0 Å². The third-order valence-electron chi connectivity index (χ3n) is 3.28. The molecule has 0 aliphatic carbocycles. The van der Waals surface area contributed by atoms with E-state index < -0.39 is 15.9 Å². The van der Waals surface area contributed by atoms with Gasteiger partial charge >= 0.3 is 0 Å². The van der Waals surface area contributed by atoms with Crippen LogP contribution in [0, 0.1) is 25.2 Å². The minimum absolute atomic E-state index is 0.188. The van der Waals surface area contributed by atoms with Gasteiger partial charge in [-0.05, 0) is 30.9 Å². The Bertz CT molecular complexity index is 861. The van der Waals surface area contributed by atoms with Crippen molar-refractivity contribution < 1.29 is 13.2 Å². The Hall–Kier alpha value is -1.73. The predicted octanol–water partition coefficient (Wildman–Crippen LogP) is 2.56. The molecule has 0 spiro atoms. The monoisotopic (exact) mass is 369 g/mol. The molecule has 0 aliphatic heterocycles. The lowest BCUT2D eigenvalue weighted by molar-refractivity contribution is -0.116. The number of carbonyl (C=O) groups is 1. The van der Waals surface area contributed by atoms with E-state index in [2.05, 4.69) is 11.4 Å². The van der Waals surface area contributed by atoms with Crippen LogP contribution < -0.4 is 5.32 Å². The number of sulfonamides is 1. The summed E-state index contributed by atoms with van der Waals surface area (Å²) < 4.78 is 25.7. The van der Waals surface area contributed by atoms with E-state index in [-0.39, 0.29) is 10.8 Å². The van der Waals surface area contributed by atoms with Crippen LogP contribution in [0.25, 0.3) is 0 Å². The Kier molecular flexibility index (Phi) is 5.21. The maximum atomic E-state index is 12.3. The van der Waals surface area contributed by atoms with Crippen LogP contribution in [0.1, 0.15) is 16.0 Å². The summed E-state index contributed by atoms with van der Waals surface area (Å²) in [5, 5.41) is 13.9. The van der Waals surface area contributed by atoms with Gasteiger partial charge in [-0.15, -0.1) is 22.7 Å². The highest BCUT2D eigenvalue weighted by atomic mass is 32.2. The summed E-state index contributed by atoms with van der Waals surface area (Å²) in [5.41, 5.74) is 1.25. The zero-order valence-corrected chi connectivity index (χ0v) is 15.2. The molecule has 0 aliphatic rings. The third-order valence-corrected chi connectivity index (χ3v) is 7.58. The molecule has 9 heteroatoms. The molecule has 6 nitrogen and oxygen atoms in total. The molecule has 122 valence electrons. The van der Waals surface area contributed by atoms with Gasteiger partial charge in [-0.25, -0.2) is 8.42 Å². The summed E-state index contributed by atoms with van der Waals surface area (Å²) in [6.45, 7) is 3.36. The molecule has 2 aromatic heterocycles. The highest BCUT2D eigenvalue weighted by Crippen LogP contribution is 2.31.